The molecule has 1 N–H and O–H groups in total. The molecule has 76 valence electrons. The summed E-state index contributed by atoms with van der Waals surface area (Å²) >= 11 is 5.75. The standard InChI is InChI=1S/C11H9ClN2O/c12-6-9-10(11(15)14-7-13-9)8-4-2-1-3-5-8/h1-5,7H,6H2,(H,13,14,15). The summed E-state index contributed by atoms with van der Waals surface area (Å²) in [5.41, 5.74) is 2.11. The van der Waals surface area contributed by atoms with E-state index in [4.69, 9.17) is 11.6 Å². The molecule has 0 fully saturated rings. The van der Waals surface area contributed by atoms with Crippen LogP contribution in [0.25, 0.3) is 11.1 Å². The van der Waals surface area contributed by atoms with Gasteiger partial charge in [-0.1, -0.05) is 30.3 Å². The summed E-state index contributed by atoms with van der Waals surface area (Å²) < 4.78 is 0. The van der Waals surface area contributed by atoms with Crippen LogP contribution in [0.1, 0.15) is 5.69 Å². The molecule has 3 nitrogen and oxygen atoms in total. The van der Waals surface area contributed by atoms with Crippen LogP contribution in [0.2, 0.25) is 0 Å². The zero-order valence-corrected chi connectivity index (χ0v) is 8.65. The fourth-order valence-corrected chi connectivity index (χ4v) is 1.62. The average molecular weight is 221 g/mol. The van der Waals surface area contributed by atoms with Crippen molar-refractivity contribution in [1.29, 1.82) is 0 Å². The lowest BCUT2D eigenvalue weighted by molar-refractivity contribution is 0.453. The Morgan fingerprint density at radius 1 is 1.13 bits per heavy atom. The third-order valence-electron chi connectivity index (χ3n) is 2.09. The lowest BCUT2D eigenvalue weighted by Gasteiger charge is -2.06. The van der Waals surface area contributed by atoms with E-state index in [1.54, 1.807) is 0 Å². The zero-order valence-electron chi connectivity index (χ0n) is 7.89. The third kappa shape index (κ3) is 1.92. The number of aromatic nitrogens is 2. The van der Waals surface area contributed by atoms with Crippen molar-refractivity contribution in [2.45, 2.75) is 5.88 Å². The topological polar surface area (TPSA) is 46.0 Å². The van der Waals surface area contributed by atoms with Crippen molar-refractivity contribution in [3.05, 3.63) is 42.4 Å². The highest BCUT2D eigenvalue weighted by molar-refractivity contribution is 6.17. The molecular formula is C11H9ClN2O. The Bertz CT molecular complexity index is 459. The summed E-state index contributed by atoms with van der Waals surface area (Å²) in [6.45, 7) is 0. The molecule has 0 spiro atoms. The maximum Gasteiger partial charge on any atom is 0.222 e. The van der Waals surface area contributed by atoms with Crippen molar-refractivity contribution in [3.63, 3.8) is 0 Å². The first-order valence-corrected chi connectivity index (χ1v) is 5.00. The van der Waals surface area contributed by atoms with Crippen LogP contribution >= 0.6 is 11.6 Å². The van der Waals surface area contributed by atoms with E-state index in [0.29, 0.717) is 11.3 Å². The van der Waals surface area contributed by atoms with E-state index >= 15 is 0 Å². The predicted molar refractivity (Wildman–Crippen MR) is 58.7 cm³/mol. The second kappa shape index (κ2) is 4.28. The molecule has 4 heteroatoms. The number of hydrogen-bond acceptors (Lipinski definition) is 3. The normalized spacial score (nSPS) is 10.2. The van der Waals surface area contributed by atoms with Crippen LogP contribution in [0.3, 0.4) is 0 Å². The maximum atomic E-state index is 9.67. The maximum absolute atomic E-state index is 9.67. The van der Waals surface area contributed by atoms with Gasteiger partial charge in [-0.3, -0.25) is 0 Å². The summed E-state index contributed by atoms with van der Waals surface area (Å²) in [5, 5.41) is 9.67. The van der Waals surface area contributed by atoms with E-state index in [-0.39, 0.29) is 11.8 Å². The first kappa shape index (κ1) is 9.93. The van der Waals surface area contributed by atoms with Crippen molar-refractivity contribution in [2.75, 3.05) is 0 Å². The minimum absolute atomic E-state index is 0.0353. The van der Waals surface area contributed by atoms with Gasteiger partial charge in [0.15, 0.2) is 0 Å². The molecule has 0 unspecified atom stereocenters. The predicted octanol–water partition coefficient (Wildman–Crippen LogP) is 2.59. The monoisotopic (exact) mass is 220 g/mol. The van der Waals surface area contributed by atoms with Crippen molar-refractivity contribution in [2.24, 2.45) is 0 Å². The SMILES string of the molecule is Oc1ncnc(CCl)c1-c1ccccc1. The highest BCUT2D eigenvalue weighted by Gasteiger charge is 2.11. The molecule has 0 aliphatic rings. The van der Waals surface area contributed by atoms with Crippen LogP contribution in [-0.4, -0.2) is 15.1 Å². The Kier molecular flexibility index (Phi) is 2.83. The van der Waals surface area contributed by atoms with E-state index in [2.05, 4.69) is 9.97 Å². The van der Waals surface area contributed by atoms with E-state index in [1.165, 1.54) is 6.33 Å². The van der Waals surface area contributed by atoms with Crippen molar-refractivity contribution >= 4 is 11.6 Å². The van der Waals surface area contributed by atoms with Gasteiger partial charge >= 0.3 is 0 Å². The lowest BCUT2D eigenvalue weighted by Crippen LogP contribution is -1.93. The molecule has 2 rings (SSSR count). The van der Waals surface area contributed by atoms with Gasteiger partial charge in [-0.2, -0.15) is 0 Å². The van der Waals surface area contributed by atoms with Gasteiger partial charge in [0.2, 0.25) is 5.88 Å². The lowest BCUT2D eigenvalue weighted by atomic mass is 10.1. The molecule has 0 saturated carbocycles. The van der Waals surface area contributed by atoms with Gasteiger partial charge in [-0.05, 0) is 5.56 Å². The molecule has 2 aromatic rings. The van der Waals surface area contributed by atoms with Crippen LogP contribution < -0.4 is 0 Å². The van der Waals surface area contributed by atoms with Crippen LogP contribution in [0.15, 0.2) is 36.7 Å². The number of aromatic hydroxyl groups is 1. The Hall–Kier alpha value is -1.61. The van der Waals surface area contributed by atoms with Crippen molar-refractivity contribution in [3.8, 4) is 17.0 Å². The number of halogens is 1. The first-order chi connectivity index (χ1) is 7.33. The molecule has 0 radical (unpaired) electrons. The molecule has 1 aromatic carbocycles. The van der Waals surface area contributed by atoms with E-state index in [9.17, 15) is 5.11 Å². The highest BCUT2D eigenvalue weighted by atomic mass is 35.5. The smallest absolute Gasteiger partial charge is 0.222 e. The molecule has 1 aromatic heterocycles. The molecular weight excluding hydrogens is 212 g/mol. The summed E-state index contributed by atoms with van der Waals surface area (Å²) in [4.78, 5) is 7.78. The van der Waals surface area contributed by atoms with Crippen molar-refractivity contribution < 1.29 is 5.11 Å². The van der Waals surface area contributed by atoms with Crippen LogP contribution in [-0.2, 0) is 5.88 Å². The molecule has 0 bridgehead atoms. The van der Waals surface area contributed by atoms with Gasteiger partial charge < -0.3 is 5.11 Å². The fourth-order valence-electron chi connectivity index (χ4n) is 1.41. The Balaban J connectivity index is 2.61. The average Bonchev–Trinajstić information content (AvgIpc) is 2.29. The second-order valence-corrected chi connectivity index (χ2v) is 3.29. The Morgan fingerprint density at radius 3 is 2.53 bits per heavy atom. The molecule has 0 aliphatic heterocycles. The zero-order chi connectivity index (χ0) is 10.7. The van der Waals surface area contributed by atoms with Gasteiger partial charge in [-0.25, -0.2) is 9.97 Å². The minimum Gasteiger partial charge on any atom is -0.493 e. The van der Waals surface area contributed by atoms with Gasteiger partial charge in [0.05, 0.1) is 17.1 Å². The number of alkyl halides is 1. The second-order valence-electron chi connectivity index (χ2n) is 3.02. The van der Waals surface area contributed by atoms with Gasteiger partial charge in [0.25, 0.3) is 0 Å². The van der Waals surface area contributed by atoms with Crippen LogP contribution in [0, 0.1) is 0 Å². The van der Waals surface area contributed by atoms with Crippen LogP contribution in [0.5, 0.6) is 5.88 Å². The van der Waals surface area contributed by atoms with Gasteiger partial charge in [0.1, 0.15) is 6.33 Å². The Labute approximate surface area is 92.4 Å². The quantitative estimate of drug-likeness (QED) is 0.792. The highest BCUT2D eigenvalue weighted by Crippen LogP contribution is 2.29. The molecule has 15 heavy (non-hydrogen) atoms. The summed E-state index contributed by atoms with van der Waals surface area (Å²) in [7, 11) is 0. The largest absolute Gasteiger partial charge is 0.493 e. The van der Waals surface area contributed by atoms with Crippen LogP contribution in [0.4, 0.5) is 0 Å². The molecule has 0 saturated heterocycles. The van der Waals surface area contributed by atoms with Gasteiger partial charge in [-0.15, -0.1) is 11.6 Å². The van der Waals surface area contributed by atoms with E-state index in [1.807, 2.05) is 30.3 Å². The number of benzene rings is 1. The van der Waals surface area contributed by atoms with E-state index in [0.717, 1.165) is 5.56 Å². The van der Waals surface area contributed by atoms with Gasteiger partial charge in [0, 0.05) is 0 Å². The third-order valence-corrected chi connectivity index (χ3v) is 2.35. The summed E-state index contributed by atoms with van der Waals surface area (Å²) in [6.07, 6.45) is 1.31. The molecule has 0 atom stereocenters. The fraction of sp³-hybridized carbons (Fsp3) is 0.0909. The Morgan fingerprint density at radius 2 is 1.87 bits per heavy atom. The number of hydrogen-bond donors (Lipinski definition) is 1. The number of rotatable bonds is 2. The first-order valence-electron chi connectivity index (χ1n) is 4.47. The number of nitrogens with zero attached hydrogens (tertiary/aromatic N) is 2. The molecule has 0 amide bonds. The molecule has 1 heterocycles. The molecule has 0 aliphatic carbocycles. The van der Waals surface area contributed by atoms with Crippen molar-refractivity contribution in [1.82, 2.24) is 9.97 Å². The summed E-state index contributed by atoms with van der Waals surface area (Å²) in [6, 6.07) is 9.45. The summed E-state index contributed by atoms with van der Waals surface area (Å²) in [5.74, 6) is 0.215. The van der Waals surface area contributed by atoms with E-state index < -0.39 is 0 Å². The minimum atomic E-state index is -0.0353.